The molecule has 10 nitrogen and oxygen atoms in total. The highest BCUT2D eigenvalue weighted by Crippen LogP contribution is 1.98. The summed E-state index contributed by atoms with van der Waals surface area (Å²) in [4.78, 5) is 35.0. The van der Waals surface area contributed by atoms with Crippen LogP contribution in [0.3, 0.4) is 0 Å². The van der Waals surface area contributed by atoms with Gasteiger partial charge in [0.05, 0.1) is 0 Å². The summed E-state index contributed by atoms with van der Waals surface area (Å²) < 4.78 is 0. The van der Waals surface area contributed by atoms with Gasteiger partial charge in [-0.2, -0.15) is 0 Å². The van der Waals surface area contributed by atoms with E-state index in [0.29, 0.717) is 6.42 Å². The van der Waals surface area contributed by atoms with Gasteiger partial charge >= 0.3 is 5.97 Å². The Labute approximate surface area is 102 Å². The molecule has 0 saturated heterocycles. The first-order valence-electron chi connectivity index (χ1n) is 5.03. The van der Waals surface area contributed by atoms with Crippen LogP contribution in [0, 0.1) is 10.1 Å². The van der Waals surface area contributed by atoms with Crippen molar-refractivity contribution < 1.29 is 19.7 Å². The lowest BCUT2D eigenvalue weighted by Crippen LogP contribution is -2.39. The van der Waals surface area contributed by atoms with Crippen molar-refractivity contribution in [1.82, 2.24) is 10.7 Å². The van der Waals surface area contributed by atoms with E-state index in [-0.39, 0.29) is 18.9 Å². The number of hydrazine groups is 1. The number of carboxylic acids is 1. The summed E-state index contributed by atoms with van der Waals surface area (Å²) in [6, 6.07) is -0.998. The molecule has 0 radical (unpaired) electrons. The molecule has 1 atom stereocenters. The number of hydrogen-bond acceptors (Lipinski definition) is 5. The minimum Gasteiger partial charge on any atom is -0.480 e. The first kappa shape index (κ1) is 15.6. The van der Waals surface area contributed by atoms with Gasteiger partial charge in [0.2, 0.25) is 5.91 Å². The summed E-state index contributed by atoms with van der Waals surface area (Å²) in [5.41, 5.74) is 6.79. The van der Waals surface area contributed by atoms with Gasteiger partial charge in [0.25, 0.3) is 5.96 Å². The number of hydrogen-bond donors (Lipinski definition) is 4. The van der Waals surface area contributed by atoms with E-state index in [1.807, 2.05) is 0 Å². The predicted octanol–water partition coefficient (Wildman–Crippen LogP) is -1.55. The highest BCUT2D eigenvalue weighted by molar-refractivity contribution is 5.82. The molecule has 0 aliphatic carbocycles. The summed E-state index contributed by atoms with van der Waals surface area (Å²) >= 11 is 0. The van der Waals surface area contributed by atoms with Crippen molar-refractivity contribution in [2.45, 2.75) is 25.8 Å². The number of nitrogens with one attached hydrogen (secondary N) is 2. The maximum Gasteiger partial charge on any atom is 0.326 e. The van der Waals surface area contributed by atoms with Crippen LogP contribution in [0.5, 0.6) is 0 Å². The second kappa shape index (κ2) is 7.81. The van der Waals surface area contributed by atoms with Crippen molar-refractivity contribution in [3.05, 3.63) is 10.1 Å². The molecule has 0 saturated carbocycles. The first-order chi connectivity index (χ1) is 8.32. The quantitative estimate of drug-likeness (QED) is 0.142. The molecular weight excluding hydrogens is 246 g/mol. The monoisotopic (exact) mass is 261 g/mol. The molecule has 0 aliphatic heterocycles. The van der Waals surface area contributed by atoms with Gasteiger partial charge in [-0.15, -0.1) is 0 Å². The van der Waals surface area contributed by atoms with Gasteiger partial charge in [0, 0.05) is 13.5 Å². The number of aliphatic imine (C=N–C) groups is 1. The molecule has 5 N–H and O–H groups in total. The maximum absolute atomic E-state index is 10.7. The highest BCUT2D eigenvalue weighted by Gasteiger charge is 2.17. The van der Waals surface area contributed by atoms with Gasteiger partial charge in [-0.3, -0.25) is 4.79 Å². The van der Waals surface area contributed by atoms with E-state index < -0.39 is 23.0 Å². The number of nitro groups is 1. The molecule has 0 fully saturated rings. The minimum absolute atomic E-state index is 0.121. The fraction of sp³-hybridized carbons (Fsp3) is 0.625. The lowest BCUT2D eigenvalue weighted by Gasteiger charge is -2.11. The lowest BCUT2D eigenvalue weighted by molar-refractivity contribution is -0.525. The van der Waals surface area contributed by atoms with E-state index in [2.05, 4.69) is 10.3 Å². The smallest absolute Gasteiger partial charge is 0.326 e. The molecule has 0 aromatic rings. The highest BCUT2D eigenvalue weighted by atomic mass is 16.7. The Morgan fingerprint density at radius 3 is 2.61 bits per heavy atom. The van der Waals surface area contributed by atoms with Crippen LogP contribution in [0.4, 0.5) is 0 Å². The van der Waals surface area contributed by atoms with Gasteiger partial charge in [0.1, 0.15) is 6.04 Å². The number of carbonyl (C=O) groups excluding carboxylic acids is 1. The zero-order valence-corrected chi connectivity index (χ0v) is 9.75. The molecular formula is C8H15N5O5. The third-order valence-corrected chi connectivity index (χ3v) is 1.81. The summed E-state index contributed by atoms with van der Waals surface area (Å²) in [6.07, 6.45) is 0.474. The van der Waals surface area contributed by atoms with E-state index in [1.165, 1.54) is 6.92 Å². The van der Waals surface area contributed by atoms with Gasteiger partial charge in [-0.25, -0.2) is 19.9 Å². The minimum atomic E-state index is -1.15. The van der Waals surface area contributed by atoms with Crippen LogP contribution in [0.1, 0.15) is 19.8 Å². The summed E-state index contributed by atoms with van der Waals surface area (Å²) in [7, 11) is 0. The summed E-state index contributed by atoms with van der Waals surface area (Å²) in [5.74, 6) is -1.95. The number of aliphatic carboxylic acids is 1. The van der Waals surface area contributed by atoms with Crippen molar-refractivity contribution in [1.29, 1.82) is 0 Å². The molecule has 18 heavy (non-hydrogen) atoms. The molecule has 0 aliphatic rings. The third-order valence-electron chi connectivity index (χ3n) is 1.81. The van der Waals surface area contributed by atoms with Crippen molar-refractivity contribution in [3.8, 4) is 0 Å². The number of rotatable bonds is 7. The Morgan fingerprint density at radius 1 is 1.56 bits per heavy atom. The Morgan fingerprint density at radius 2 is 2.17 bits per heavy atom. The Kier molecular flexibility index (Phi) is 6.78. The van der Waals surface area contributed by atoms with Crippen LogP contribution < -0.4 is 16.5 Å². The van der Waals surface area contributed by atoms with Crippen molar-refractivity contribution in [3.63, 3.8) is 0 Å². The molecule has 0 aromatic carbocycles. The van der Waals surface area contributed by atoms with E-state index >= 15 is 0 Å². The average molecular weight is 261 g/mol. The fourth-order valence-corrected chi connectivity index (χ4v) is 1.13. The molecule has 0 rings (SSSR count). The second-order valence-corrected chi connectivity index (χ2v) is 3.37. The number of nitrogens with two attached hydrogens (primary N) is 1. The zero-order valence-electron chi connectivity index (χ0n) is 9.75. The number of carboxylic acid groups (broad SMARTS) is 1. The molecule has 102 valence electrons. The predicted molar refractivity (Wildman–Crippen MR) is 61.1 cm³/mol. The molecule has 1 amide bonds. The zero-order chi connectivity index (χ0) is 14.1. The number of nitrogens with zero attached hydrogens (tertiary/aromatic N) is 2. The number of guanidine groups is 1. The molecule has 0 unspecified atom stereocenters. The van der Waals surface area contributed by atoms with Crippen LogP contribution in [0.25, 0.3) is 0 Å². The van der Waals surface area contributed by atoms with Gasteiger partial charge < -0.3 is 16.2 Å². The van der Waals surface area contributed by atoms with Crippen LogP contribution in [0.2, 0.25) is 0 Å². The van der Waals surface area contributed by atoms with Crippen LogP contribution >= 0.6 is 0 Å². The Hall–Kier alpha value is -2.39. The SMILES string of the molecule is CC(=O)N[C@H](CCCN=C(N)N[N+](=O)[O-])C(=O)O. The third kappa shape index (κ3) is 7.84. The standard InChI is InChI=1S/C8H15N5O5/c1-5(14)11-6(7(15)16)3-2-4-10-8(9)12-13(17)18/h6H,2-4H2,1H3,(H,11,14)(H,15,16)(H3,9,10,12)/t6-/m1/s1. The Balaban J connectivity index is 4.03. The topological polar surface area (TPSA) is 160 Å². The van der Waals surface area contributed by atoms with Crippen LogP contribution in [0.15, 0.2) is 4.99 Å². The van der Waals surface area contributed by atoms with Crippen LogP contribution in [-0.2, 0) is 9.59 Å². The van der Waals surface area contributed by atoms with E-state index in [4.69, 9.17) is 10.8 Å². The fourth-order valence-electron chi connectivity index (χ4n) is 1.13. The molecule has 0 bridgehead atoms. The molecule has 10 heteroatoms. The van der Waals surface area contributed by atoms with Crippen LogP contribution in [-0.4, -0.2) is 40.6 Å². The van der Waals surface area contributed by atoms with Crippen molar-refractivity contribution in [2.75, 3.05) is 6.54 Å². The van der Waals surface area contributed by atoms with E-state index in [1.54, 1.807) is 5.43 Å². The second-order valence-electron chi connectivity index (χ2n) is 3.37. The molecule has 0 heterocycles. The lowest BCUT2D eigenvalue weighted by atomic mass is 10.1. The van der Waals surface area contributed by atoms with E-state index in [0.717, 1.165) is 0 Å². The van der Waals surface area contributed by atoms with Gasteiger partial charge in [-0.1, -0.05) is 5.43 Å². The number of carbonyl (C=O) groups is 2. The number of amides is 1. The van der Waals surface area contributed by atoms with Gasteiger partial charge in [-0.05, 0) is 12.8 Å². The maximum atomic E-state index is 10.7. The summed E-state index contributed by atoms with van der Waals surface area (Å²) in [6.45, 7) is 1.34. The Bertz CT molecular complexity index is 356. The summed E-state index contributed by atoms with van der Waals surface area (Å²) in [5, 5.41) is 20.1. The van der Waals surface area contributed by atoms with Crippen molar-refractivity contribution in [2.24, 2.45) is 10.7 Å². The normalized spacial score (nSPS) is 12.6. The molecule has 0 aromatic heterocycles. The average Bonchev–Trinajstić information content (AvgIpc) is 2.20. The van der Waals surface area contributed by atoms with E-state index in [9.17, 15) is 19.7 Å². The van der Waals surface area contributed by atoms with Gasteiger partial charge in [0.15, 0.2) is 5.03 Å². The largest absolute Gasteiger partial charge is 0.480 e. The molecule has 0 spiro atoms. The first-order valence-corrected chi connectivity index (χ1v) is 5.03. The van der Waals surface area contributed by atoms with Crippen molar-refractivity contribution >= 4 is 17.8 Å².